The average molecular weight is 455 g/mol. The fourth-order valence-corrected chi connectivity index (χ4v) is 4.23. The molecule has 5 rings (SSSR count). The van der Waals surface area contributed by atoms with Gasteiger partial charge in [-0.05, 0) is 41.1 Å². The van der Waals surface area contributed by atoms with Gasteiger partial charge in [0.15, 0.2) is 4.96 Å². The Morgan fingerprint density at radius 2 is 1.79 bits per heavy atom. The first-order chi connectivity index (χ1) is 16.1. The van der Waals surface area contributed by atoms with Crippen LogP contribution in [0.5, 0.6) is 0 Å². The van der Waals surface area contributed by atoms with E-state index in [-0.39, 0.29) is 18.1 Å². The lowest BCUT2D eigenvalue weighted by molar-refractivity contribution is 0.0467. The van der Waals surface area contributed by atoms with E-state index in [2.05, 4.69) is 10.3 Å². The van der Waals surface area contributed by atoms with Crippen molar-refractivity contribution in [1.82, 2.24) is 9.38 Å². The fraction of sp³-hybridized carbons (Fsp3) is 0.0400. The summed E-state index contributed by atoms with van der Waals surface area (Å²) in [5.74, 6) is -0.779. The number of benzene rings is 3. The zero-order valence-corrected chi connectivity index (χ0v) is 18.0. The van der Waals surface area contributed by atoms with E-state index in [1.807, 2.05) is 36.4 Å². The summed E-state index contributed by atoms with van der Waals surface area (Å²) < 4.78 is 6.73. The topological polar surface area (TPSA) is 89.8 Å². The number of carbonyl (C=O) groups is 2. The number of fused-ring (bicyclic) bond motifs is 2. The van der Waals surface area contributed by atoms with Crippen molar-refractivity contribution >= 4 is 44.6 Å². The molecule has 0 aliphatic rings. The molecule has 0 radical (unpaired) electrons. The number of aromatic nitrogens is 2. The van der Waals surface area contributed by atoms with Crippen LogP contribution in [-0.2, 0) is 11.3 Å². The van der Waals surface area contributed by atoms with Crippen molar-refractivity contribution in [3.8, 4) is 0 Å². The molecule has 0 bridgehead atoms. The Morgan fingerprint density at radius 1 is 1.00 bits per heavy atom. The molecule has 0 unspecified atom stereocenters. The number of nitrogens with zero attached hydrogens (tertiary/aromatic N) is 2. The van der Waals surface area contributed by atoms with Crippen molar-refractivity contribution < 1.29 is 14.3 Å². The van der Waals surface area contributed by atoms with E-state index < -0.39 is 5.97 Å². The number of amides is 1. The minimum atomic E-state index is -0.546. The van der Waals surface area contributed by atoms with Crippen molar-refractivity contribution in [2.24, 2.45) is 0 Å². The van der Waals surface area contributed by atoms with Gasteiger partial charge in [0.1, 0.15) is 6.61 Å². The molecule has 2 heterocycles. The van der Waals surface area contributed by atoms with E-state index in [1.54, 1.807) is 41.9 Å². The van der Waals surface area contributed by atoms with Crippen molar-refractivity contribution in [2.45, 2.75) is 6.61 Å². The Kier molecular flexibility index (Phi) is 5.42. The molecule has 0 aliphatic carbocycles. The van der Waals surface area contributed by atoms with Gasteiger partial charge < -0.3 is 10.1 Å². The summed E-state index contributed by atoms with van der Waals surface area (Å²) in [5.41, 5.74) is 1.62. The highest BCUT2D eigenvalue weighted by Gasteiger charge is 2.12. The van der Waals surface area contributed by atoms with Crippen LogP contribution in [0, 0.1) is 0 Å². The molecule has 0 atom stereocenters. The van der Waals surface area contributed by atoms with Crippen molar-refractivity contribution in [1.29, 1.82) is 0 Å². The molecule has 33 heavy (non-hydrogen) atoms. The van der Waals surface area contributed by atoms with Gasteiger partial charge in [0.2, 0.25) is 0 Å². The van der Waals surface area contributed by atoms with E-state index in [9.17, 15) is 14.4 Å². The van der Waals surface area contributed by atoms with Crippen LogP contribution in [0.25, 0.3) is 15.7 Å². The van der Waals surface area contributed by atoms with Crippen LogP contribution in [-0.4, -0.2) is 21.3 Å². The molecule has 0 saturated heterocycles. The standard InChI is InChI=1S/C25H17N3O4S/c29-22-14-19(27-25-28(22)12-13-33-25)15-32-24(31)17-8-10-18(11-9-17)26-23(30)21-7-3-5-16-4-1-2-6-20(16)21/h1-14H,15H2,(H,26,30). The minimum Gasteiger partial charge on any atom is -0.456 e. The predicted molar refractivity (Wildman–Crippen MR) is 127 cm³/mol. The normalized spacial score (nSPS) is 10.9. The van der Waals surface area contributed by atoms with Gasteiger partial charge >= 0.3 is 5.97 Å². The molecule has 3 aromatic carbocycles. The molecular weight excluding hydrogens is 438 g/mol. The monoisotopic (exact) mass is 455 g/mol. The molecule has 162 valence electrons. The molecular formula is C25H17N3O4S. The summed E-state index contributed by atoms with van der Waals surface area (Å²) >= 11 is 1.33. The second kappa shape index (κ2) is 8.68. The zero-order valence-electron chi connectivity index (χ0n) is 17.2. The van der Waals surface area contributed by atoms with Gasteiger partial charge in [-0.3, -0.25) is 14.0 Å². The van der Waals surface area contributed by atoms with Crippen LogP contribution in [0.15, 0.2) is 89.2 Å². The number of nitrogens with one attached hydrogen (secondary N) is 1. The Hall–Kier alpha value is -4.30. The van der Waals surface area contributed by atoms with E-state index in [4.69, 9.17) is 4.74 Å². The Morgan fingerprint density at radius 3 is 2.64 bits per heavy atom. The number of carbonyl (C=O) groups excluding carboxylic acids is 2. The second-order valence-corrected chi connectivity index (χ2v) is 8.15. The summed E-state index contributed by atoms with van der Waals surface area (Å²) in [5, 5.41) is 6.47. The number of rotatable bonds is 5. The van der Waals surface area contributed by atoms with E-state index in [0.717, 1.165) is 10.8 Å². The third kappa shape index (κ3) is 4.24. The van der Waals surface area contributed by atoms with Crippen LogP contribution < -0.4 is 10.9 Å². The molecule has 1 amide bonds. The third-order valence-electron chi connectivity index (χ3n) is 5.12. The first-order valence-electron chi connectivity index (χ1n) is 10.1. The summed E-state index contributed by atoms with van der Waals surface area (Å²) in [6.07, 6.45) is 1.64. The Labute approximate surface area is 191 Å². The van der Waals surface area contributed by atoms with Crippen LogP contribution in [0.4, 0.5) is 5.69 Å². The highest BCUT2D eigenvalue weighted by atomic mass is 32.1. The second-order valence-electron chi connectivity index (χ2n) is 7.28. The lowest BCUT2D eigenvalue weighted by Crippen LogP contribution is -2.15. The maximum absolute atomic E-state index is 12.8. The summed E-state index contributed by atoms with van der Waals surface area (Å²) in [7, 11) is 0. The highest BCUT2D eigenvalue weighted by Crippen LogP contribution is 2.20. The van der Waals surface area contributed by atoms with Gasteiger partial charge in [-0.1, -0.05) is 36.4 Å². The molecule has 1 N–H and O–H groups in total. The van der Waals surface area contributed by atoms with Crippen molar-refractivity contribution in [2.75, 3.05) is 5.32 Å². The average Bonchev–Trinajstić information content (AvgIpc) is 3.32. The number of anilines is 1. The number of hydrogen-bond donors (Lipinski definition) is 1. The highest BCUT2D eigenvalue weighted by molar-refractivity contribution is 7.15. The first-order valence-corrected chi connectivity index (χ1v) is 11.0. The zero-order chi connectivity index (χ0) is 22.8. The van der Waals surface area contributed by atoms with E-state index in [0.29, 0.717) is 27.5 Å². The van der Waals surface area contributed by atoms with Gasteiger partial charge in [-0.25, -0.2) is 9.78 Å². The summed E-state index contributed by atoms with van der Waals surface area (Å²) in [6.45, 7) is -0.109. The Balaban J connectivity index is 1.25. The number of ether oxygens (including phenoxy) is 1. The minimum absolute atomic E-state index is 0.109. The molecule has 0 fully saturated rings. The number of esters is 1. The number of hydrogen-bond acceptors (Lipinski definition) is 6. The van der Waals surface area contributed by atoms with Gasteiger partial charge in [0.05, 0.1) is 11.3 Å². The van der Waals surface area contributed by atoms with Crippen molar-refractivity contribution in [3.63, 3.8) is 0 Å². The van der Waals surface area contributed by atoms with Gasteiger partial charge in [-0.15, -0.1) is 11.3 Å². The largest absolute Gasteiger partial charge is 0.456 e. The first kappa shape index (κ1) is 20.6. The van der Waals surface area contributed by atoms with Gasteiger partial charge in [0.25, 0.3) is 11.5 Å². The van der Waals surface area contributed by atoms with E-state index in [1.165, 1.54) is 21.8 Å². The smallest absolute Gasteiger partial charge is 0.338 e. The SMILES string of the molecule is O=C(OCc1cc(=O)n2ccsc2n1)c1ccc(NC(=O)c2cccc3ccccc23)cc1. The molecule has 5 aromatic rings. The predicted octanol–water partition coefficient (Wildman–Crippen LogP) is 4.52. The molecule has 8 heteroatoms. The van der Waals surface area contributed by atoms with Crippen molar-refractivity contribution in [3.05, 3.63) is 112 Å². The van der Waals surface area contributed by atoms with Crippen LogP contribution in [0.3, 0.4) is 0 Å². The fourth-order valence-electron chi connectivity index (χ4n) is 3.50. The third-order valence-corrected chi connectivity index (χ3v) is 5.88. The maximum atomic E-state index is 12.8. The lowest BCUT2D eigenvalue weighted by atomic mass is 10.0. The maximum Gasteiger partial charge on any atom is 0.338 e. The van der Waals surface area contributed by atoms with Crippen LogP contribution >= 0.6 is 11.3 Å². The van der Waals surface area contributed by atoms with Gasteiger partial charge in [-0.2, -0.15) is 0 Å². The van der Waals surface area contributed by atoms with Crippen LogP contribution in [0.2, 0.25) is 0 Å². The van der Waals surface area contributed by atoms with Gasteiger partial charge in [0, 0.05) is 28.9 Å². The quantitative estimate of drug-likeness (QED) is 0.394. The van der Waals surface area contributed by atoms with Crippen LogP contribution in [0.1, 0.15) is 26.4 Å². The molecule has 0 saturated carbocycles. The molecule has 0 spiro atoms. The summed E-state index contributed by atoms with van der Waals surface area (Å²) in [4.78, 5) is 42.1. The summed E-state index contributed by atoms with van der Waals surface area (Å²) in [6, 6.07) is 21.0. The lowest BCUT2D eigenvalue weighted by Gasteiger charge is -2.09. The molecule has 0 aliphatic heterocycles. The number of thiazole rings is 1. The molecule has 7 nitrogen and oxygen atoms in total. The molecule has 2 aromatic heterocycles. The Bertz CT molecular complexity index is 1550. The van der Waals surface area contributed by atoms with E-state index >= 15 is 0 Å².